The van der Waals surface area contributed by atoms with Crippen LogP contribution in [0, 0.1) is 11.3 Å². The first-order valence-corrected chi connectivity index (χ1v) is 9.28. The van der Waals surface area contributed by atoms with Crippen LogP contribution in [0.1, 0.15) is 71.1 Å². The van der Waals surface area contributed by atoms with Crippen LogP contribution in [-0.2, 0) is 0 Å². The van der Waals surface area contributed by atoms with E-state index in [1.165, 1.54) is 83.8 Å². The quantitative estimate of drug-likeness (QED) is 0.822. The van der Waals surface area contributed by atoms with Crippen molar-refractivity contribution in [1.82, 2.24) is 10.2 Å². The molecule has 116 valence electrons. The third kappa shape index (κ3) is 3.22. The Hall–Kier alpha value is -0.0800. The van der Waals surface area contributed by atoms with Crippen LogP contribution in [0.4, 0.5) is 0 Å². The minimum atomic E-state index is 0.606. The number of likely N-dealkylation sites (tertiary alicyclic amines) is 1. The van der Waals surface area contributed by atoms with E-state index in [1.54, 1.807) is 0 Å². The third-order valence-electron chi connectivity index (χ3n) is 6.31. The third-order valence-corrected chi connectivity index (χ3v) is 6.31. The smallest absolute Gasteiger partial charge is 0.0124 e. The number of hydrogen-bond acceptors (Lipinski definition) is 2. The minimum Gasteiger partial charge on any atom is -0.316 e. The van der Waals surface area contributed by atoms with Gasteiger partial charge in [-0.05, 0) is 62.9 Å². The predicted octanol–water partition coefficient (Wildman–Crippen LogP) is 3.81. The molecular formula is C18H34N2. The summed E-state index contributed by atoms with van der Waals surface area (Å²) in [4.78, 5) is 2.93. The second-order valence-electron chi connectivity index (χ2n) is 7.71. The molecule has 0 aromatic heterocycles. The summed E-state index contributed by atoms with van der Waals surface area (Å²) in [6.07, 6.45) is 14.8. The zero-order valence-electron chi connectivity index (χ0n) is 13.5. The van der Waals surface area contributed by atoms with E-state index in [1.807, 2.05) is 0 Å². The highest BCUT2D eigenvalue weighted by atomic mass is 15.2. The van der Waals surface area contributed by atoms with Crippen LogP contribution in [0.2, 0.25) is 0 Å². The number of hydrogen-bond donors (Lipinski definition) is 1. The molecule has 20 heavy (non-hydrogen) atoms. The molecular weight excluding hydrogens is 244 g/mol. The predicted molar refractivity (Wildman–Crippen MR) is 86.0 cm³/mol. The molecule has 0 amide bonds. The summed E-state index contributed by atoms with van der Waals surface area (Å²) < 4.78 is 0. The summed E-state index contributed by atoms with van der Waals surface area (Å²) in [6.45, 7) is 7.42. The Kier molecular flexibility index (Phi) is 5.04. The van der Waals surface area contributed by atoms with E-state index in [4.69, 9.17) is 0 Å². The topological polar surface area (TPSA) is 15.3 Å². The van der Waals surface area contributed by atoms with Crippen LogP contribution in [0.15, 0.2) is 0 Å². The first-order valence-electron chi connectivity index (χ1n) is 9.28. The van der Waals surface area contributed by atoms with Crippen LogP contribution in [0.5, 0.6) is 0 Å². The summed E-state index contributed by atoms with van der Waals surface area (Å²) in [7, 11) is 0. The molecule has 1 N–H and O–H groups in total. The number of nitrogens with one attached hydrogen (secondary N) is 1. The molecule has 0 radical (unpaired) electrons. The average molecular weight is 278 g/mol. The largest absolute Gasteiger partial charge is 0.316 e. The van der Waals surface area contributed by atoms with Gasteiger partial charge in [-0.1, -0.05) is 32.6 Å². The molecule has 0 bridgehead atoms. The van der Waals surface area contributed by atoms with Crippen molar-refractivity contribution >= 4 is 0 Å². The van der Waals surface area contributed by atoms with Gasteiger partial charge < -0.3 is 5.32 Å². The summed E-state index contributed by atoms with van der Waals surface area (Å²) in [5, 5.41) is 3.67. The lowest BCUT2D eigenvalue weighted by Gasteiger charge is -2.47. The Bertz CT molecular complexity index is 294. The van der Waals surface area contributed by atoms with Crippen LogP contribution in [-0.4, -0.2) is 37.1 Å². The molecule has 1 saturated heterocycles. The second kappa shape index (κ2) is 6.79. The maximum absolute atomic E-state index is 3.67. The lowest BCUT2D eigenvalue weighted by atomic mass is 9.76. The summed E-state index contributed by atoms with van der Waals surface area (Å²) in [5.74, 6) is 1.04. The molecule has 3 rings (SSSR count). The zero-order valence-corrected chi connectivity index (χ0v) is 13.5. The van der Waals surface area contributed by atoms with Crippen molar-refractivity contribution in [2.75, 3.05) is 26.2 Å². The first-order chi connectivity index (χ1) is 9.83. The molecule has 3 aliphatic rings. The van der Waals surface area contributed by atoms with Gasteiger partial charge in [-0.2, -0.15) is 0 Å². The number of rotatable bonds is 5. The van der Waals surface area contributed by atoms with Crippen molar-refractivity contribution in [2.45, 2.75) is 77.2 Å². The Balaban J connectivity index is 1.64. The first kappa shape index (κ1) is 14.8. The molecule has 2 atom stereocenters. The maximum atomic E-state index is 3.67. The van der Waals surface area contributed by atoms with Crippen LogP contribution in [0.25, 0.3) is 0 Å². The molecule has 0 aromatic carbocycles. The van der Waals surface area contributed by atoms with E-state index in [0.717, 1.165) is 18.5 Å². The molecule has 0 spiro atoms. The standard InChI is InChI=1S/C18H34N2/c1-2-19-14-18(11-5-6-12-18)15-20-13-7-9-16-8-3-4-10-17(16)20/h16-17,19H,2-15H2,1H3. The fourth-order valence-corrected chi connectivity index (χ4v) is 5.26. The van der Waals surface area contributed by atoms with Gasteiger partial charge in [0.05, 0.1) is 0 Å². The van der Waals surface area contributed by atoms with E-state index in [2.05, 4.69) is 17.1 Å². The van der Waals surface area contributed by atoms with Gasteiger partial charge in [0.2, 0.25) is 0 Å². The average Bonchev–Trinajstić information content (AvgIpc) is 2.95. The summed E-state index contributed by atoms with van der Waals surface area (Å²) >= 11 is 0. The lowest BCUT2D eigenvalue weighted by molar-refractivity contribution is 0.0245. The molecule has 2 nitrogen and oxygen atoms in total. The Morgan fingerprint density at radius 1 is 1.00 bits per heavy atom. The molecule has 2 unspecified atom stereocenters. The number of fused-ring (bicyclic) bond motifs is 1. The normalized spacial score (nSPS) is 34.0. The maximum Gasteiger partial charge on any atom is 0.0124 e. The molecule has 2 saturated carbocycles. The summed E-state index contributed by atoms with van der Waals surface area (Å²) in [6, 6.07) is 0.941. The second-order valence-corrected chi connectivity index (χ2v) is 7.71. The highest BCUT2D eigenvalue weighted by Gasteiger charge is 2.40. The van der Waals surface area contributed by atoms with Crippen LogP contribution >= 0.6 is 0 Å². The van der Waals surface area contributed by atoms with E-state index in [0.29, 0.717) is 5.41 Å². The van der Waals surface area contributed by atoms with Gasteiger partial charge in [-0.15, -0.1) is 0 Å². The van der Waals surface area contributed by atoms with Gasteiger partial charge in [-0.3, -0.25) is 4.90 Å². The van der Waals surface area contributed by atoms with Gasteiger partial charge in [0.1, 0.15) is 0 Å². The Labute approximate surface area is 125 Å². The van der Waals surface area contributed by atoms with Gasteiger partial charge in [0, 0.05) is 19.1 Å². The van der Waals surface area contributed by atoms with Crippen molar-refractivity contribution in [2.24, 2.45) is 11.3 Å². The molecule has 0 aromatic rings. The van der Waals surface area contributed by atoms with Crippen molar-refractivity contribution in [1.29, 1.82) is 0 Å². The SMILES string of the molecule is CCNCC1(CN2CCCC3CCCCC32)CCCC1. The molecule has 1 aliphatic heterocycles. The highest BCUT2D eigenvalue weighted by Crippen LogP contribution is 2.42. The molecule has 1 heterocycles. The van der Waals surface area contributed by atoms with Crippen molar-refractivity contribution in [3.05, 3.63) is 0 Å². The van der Waals surface area contributed by atoms with Crippen LogP contribution in [0.3, 0.4) is 0 Å². The van der Waals surface area contributed by atoms with Crippen molar-refractivity contribution in [3.63, 3.8) is 0 Å². The van der Waals surface area contributed by atoms with E-state index in [9.17, 15) is 0 Å². The van der Waals surface area contributed by atoms with E-state index >= 15 is 0 Å². The molecule has 2 heteroatoms. The number of piperidine rings is 1. The fourth-order valence-electron chi connectivity index (χ4n) is 5.26. The highest BCUT2D eigenvalue weighted by molar-refractivity contribution is 4.94. The number of nitrogens with zero attached hydrogens (tertiary/aromatic N) is 1. The molecule has 2 aliphatic carbocycles. The zero-order chi connectivity index (χ0) is 13.8. The van der Waals surface area contributed by atoms with E-state index in [-0.39, 0.29) is 0 Å². The van der Waals surface area contributed by atoms with Crippen LogP contribution < -0.4 is 5.32 Å². The van der Waals surface area contributed by atoms with Gasteiger partial charge in [0.15, 0.2) is 0 Å². The van der Waals surface area contributed by atoms with Crippen molar-refractivity contribution in [3.8, 4) is 0 Å². The minimum absolute atomic E-state index is 0.606. The Morgan fingerprint density at radius 2 is 1.75 bits per heavy atom. The summed E-state index contributed by atoms with van der Waals surface area (Å²) in [5.41, 5.74) is 0.606. The van der Waals surface area contributed by atoms with Crippen molar-refractivity contribution < 1.29 is 0 Å². The Morgan fingerprint density at radius 3 is 2.55 bits per heavy atom. The monoisotopic (exact) mass is 278 g/mol. The fraction of sp³-hybridized carbons (Fsp3) is 1.00. The lowest BCUT2D eigenvalue weighted by Crippen LogP contribution is -2.52. The molecule has 3 fully saturated rings. The van der Waals surface area contributed by atoms with Gasteiger partial charge in [0.25, 0.3) is 0 Å². The van der Waals surface area contributed by atoms with E-state index < -0.39 is 0 Å². The van der Waals surface area contributed by atoms with Gasteiger partial charge >= 0.3 is 0 Å². The van der Waals surface area contributed by atoms with Gasteiger partial charge in [-0.25, -0.2) is 0 Å².